The van der Waals surface area contributed by atoms with Crippen molar-refractivity contribution >= 4 is 17.8 Å². The zero-order valence-electron chi connectivity index (χ0n) is 10.0. The fraction of sp³-hybridized carbons (Fsp3) is 0.400. The molecule has 1 rings (SSSR count). The Morgan fingerprint density at radius 3 is 2.42 bits per heavy atom. The first-order valence-corrected chi connectivity index (χ1v) is 5.42. The van der Waals surface area contributed by atoms with Gasteiger partial charge in [0.1, 0.15) is 12.1 Å². The molecule has 104 valence electrons. The van der Waals surface area contributed by atoms with Crippen LogP contribution in [0.15, 0.2) is 12.5 Å². The number of amides is 1. The number of carbonyl (C=O) groups is 3. The summed E-state index contributed by atoms with van der Waals surface area (Å²) in [6.45, 7) is 0. The fourth-order valence-electron chi connectivity index (χ4n) is 1.27. The van der Waals surface area contributed by atoms with E-state index in [0.717, 1.165) is 0 Å². The van der Waals surface area contributed by atoms with E-state index >= 15 is 0 Å². The van der Waals surface area contributed by atoms with E-state index in [1.807, 2.05) is 0 Å². The molecule has 2 atom stereocenters. The molecule has 9 nitrogen and oxygen atoms in total. The lowest BCUT2D eigenvalue weighted by molar-refractivity contribution is -0.162. The molecule has 0 saturated carbocycles. The van der Waals surface area contributed by atoms with Gasteiger partial charge in [0.2, 0.25) is 5.91 Å². The molecule has 0 aliphatic rings. The highest BCUT2D eigenvalue weighted by Gasteiger charge is 2.24. The monoisotopic (exact) mass is 269 g/mol. The maximum atomic E-state index is 11.5. The number of hydrogen-bond acceptors (Lipinski definition) is 7. The van der Waals surface area contributed by atoms with E-state index in [4.69, 9.17) is 17.2 Å². The number of nitrogens with one attached hydrogen (secondary N) is 1. The van der Waals surface area contributed by atoms with Gasteiger partial charge in [-0.3, -0.25) is 4.79 Å². The average Bonchev–Trinajstić information content (AvgIpc) is 2.80. The quantitative estimate of drug-likeness (QED) is 0.328. The van der Waals surface area contributed by atoms with Gasteiger partial charge in [0, 0.05) is 18.3 Å². The lowest BCUT2D eigenvalue weighted by Gasteiger charge is -2.12. The van der Waals surface area contributed by atoms with Crippen LogP contribution in [0.2, 0.25) is 0 Å². The minimum absolute atomic E-state index is 0.136. The first-order chi connectivity index (χ1) is 8.90. The molecular formula is C10H15N5O4. The third-order valence-electron chi connectivity index (χ3n) is 2.22. The Kier molecular flexibility index (Phi) is 5.15. The van der Waals surface area contributed by atoms with Crippen LogP contribution in [-0.4, -0.2) is 39.9 Å². The molecule has 9 heteroatoms. The molecule has 0 spiro atoms. The highest BCUT2D eigenvalue weighted by Crippen LogP contribution is 2.00. The molecule has 0 radical (unpaired) electrons. The number of nitrogens with zero attached hydrogens (tertiary/aromatic N) is 1. The van der Waals surface area contributed by atoms with Crippen LogP contribution in [0.3, 0.4) is 0 Å². The summed E-state index contributed by atoms with van der Waals surface area (Å²) in [5.41, 5.74) is 16.4. The fourth-order valence-corrected chi connectivity index (χ4v) is 1.27. The van der Waals surface area contributed by atoms with Gasteiger partial charge in [-0.05, 0) is 0 Å². The Labute approximate surface area is 108 Å². The third kappa shape index (κ3) is 4.85. The Bertz CT molecular complexity index is 458. The summed E-state index contributed by atoms with van der Waals surface area (Å²) in [5.74, 6) is -2.73. The first-order valence-electron chi connectivity index (χ1n) is 5.42. The van der Waals surface area contributed by atoms with Crippen molar-refractivity contribution in [3.8, 4) is 0 Å². The van der Waals surface area contributed by atoms with Gasteiger partial charge < -0.3 is 26.9 Å². The molecule has 0 fully saturated rings. The normalized spacial score (nSPS) is 13.6. The van der Waals surface area contributed by atoms with Gasteiger partial charge in [0.05, 0.1) is 12.7 Å². The van der Waals surface area contributed by atoms with E-state index in [2.05, 4.69) is 14.7 Å². The van der Waals surface area contributed by atoms with Crippen LogP contribution in [0, 0.1) is 0 Å². The number of nitrogens with two attached hydrogens (primary N) is 3. The number of aromatic nitrogens is 2. The van der Waals surface area contributed by atoms with Crippen LogP contribution in [0.25, 0.3) is 0 Å². The van der Waals surface area contributed by atoms with Crippen molar-refractivity contribution in [1.29, 1.82) is 0 Å². The summed E-state index contributed by atoms with van der Waals surface area (Å²) in [7, 11) is 0. The van der Waals surface area contributed by atoms with Crippen LogP contribution in [-0.2, 0) is 25.5 Å². The minimum Gasteiger partial charge on any atom is -0.391 e. The van der Waals surface area contributed by atoms with Gasteiger partial charge >= 0.3 is 11.9 Å². The van der Waals surface area contributed by atoms with Crippen molar-refractivity contribution < 1.29 is 19.1 Å². The van der Waals surface area contributed by atoms with Crippen molar-refractivity contribution in [2.24, 2.45) is 17.2 Å². The standard InChI is InChI=1S/C10H15N5O4/c11-6(1-5-3-14-4-15-5)9(17)19-10(18)7(12)2-8(13)16/h3-4,6-7H,1-2,11-12H2,(H2,13,16)(H,14,15)/t6-,7-/m0/s1. The lowest BCUT2D eigenvalue weighted by atomic mass is 10.2. The summed E-state index contributed by atoms with van der Waals surface area (Å²) in [6, 6.07) is -2.31. The van der Waals surface area contributed by atoms with Crippen molar-refractivity contribution in [2.45, 2.75) is 24.9 Å². The Morgan fingerprint density at radius 1 is 1.26 bits per heavy atom. The van der Waals surface area contributed by atoms with E-state index in [0.29, 0.717) is 5.69 Å². The van der Waals surface area contributed by atoms with Crippen molar-refractivity contribution in [3.05, 3.63) is 18.2 Å². The molecule has 0 aromatic carbocycles. The van der Waals surface area contributed by atoms with Gasteiger partial charge in [0.15, 0.2) is 0 Å². The van der Waals surface area contributed by atoms with E-state index in [1.54, 1.807) is 0 Å². The predicted octanol–water partition coefficient (Wildman–Crippen LogP) is -2.45. The smallest absolute Gasteiger partial charge is 0.331 e. The summed E-state index contributed by atoms with van der Waals surface area (Å²) in [5, 5.41) is 0. The molecule has 1 amide bonds. The Morgan fingerprint density at radius 2 is 1.89 bits per heavy atom. The zero-order valence-corrected chi connectivity index (χ0v) is 10.0. The SMILES string of the molecule is NC(=O)C[C@H](N)C(=O)OC(=O)[C@@H](N)Cc1cnc[nH]1. The number of rotatable bonds is 6. The Balaban J connectivity index is 2.45. The van der Waals surface area contributed by atoms with Crippen molar-refractivity contribution in [2.75, 3.05) is 0 Å². The maximum absolute atomic E-state index is 11.5. The molecule has 19 heavy (non-hydrogen) atoms. The molecule has 0 aliphatic carbocycles. The van der Waals surface area contributed by atoms with Crippen LogP contribution in [0.5, 0.6) is 0 Å². The molecule has 7 N–H and O–H groups in total. The second-order valence-corrected chi connectivity index (χ2v) is 3.90. The lowest BCUT2D eigenvalue weighted by Crippen LogP contribution is -2.42. The molecule has 0 saturated heterocycles. The molecular weight excluding hydrogens is 254 g/mol. The molecule has 1 aromatic rings. The predicted molar refractivity (Wildman–Crippen MR) is 63.2 cm³/mol. The van der Waals surface area contributed by atoms with Gasteiger partial charge in [-0.2, -0.15) is 0 Å². The maximum Gasteiger partial charge on any atom is 0.331 e. The van der Waals surface area contributed by atoms with E-state index < -0.39 is 36.4 Å². The first kappa shape index (κ1) is 14.8. The van der Waals surface area contributed by atoms with Gasteiger partial charge in [-0.15, -0.1) is 0 Å². The van der Waals surface area contributed by atoms with Crippen LogP contribution in [0.4, 0.5) is 0 Å². The van der Waals surface area contributed by atoms with Crippen molar-refractivity contribution in [3.63, 3.8) is 0 Å². The van der Waals surface area contributed by atoms with Crippen molar-refractivity contribution in [1.82, 2.24) is 9.97 Å². The number of carbonyl (C=O) groups excluding carboxylic acids is 3. The van der Waals surface area contributed by atoms with Crippen LogP contribution in [0.1, 0.15) is 12.1 Å². The number of ether oxygens (including phenoxy) is 1. The molecule has 1 aromatic heterocycles. The number of hydrogen-bond donors (Lipinski definition) is 4. The average molecular weight is 269 g/mol. The molecule has 0 bridgehead atoms. The van der Waals surface area contributed by atoms with E-state index in [-0.39, 0.29) is 6.42 Å². The molecule has 0 unspecified atom stereocenters. The number of esters is 2. The summed E-state index contributed by atoms with van der Waals surface area (Å²) in [6.07, 6.45) is 2.66. The topological polar surface area (TPSA) is 167 Å². The van der Waals surface area contributed by atoms with E-state index in [9.17, 15) is 14.4 Å². The highest BCUT2D eigenvalue weighted by atomic mass is 16.6. The second-order valence-electron chi connectivity index (χ2n) is 3.90. The molecule has 0 aliphatic heterocycles. The second kappa shape index (κ2) is 6.61. The third-order valence-corrected chi connectivity index (χ3v) is 2.22. The van der Waals surface area contributed by atoms with Crippen LogP contribution >= 0.6 is 0 Å². The molecule has 1 heterocycles. The summed E-state index contributed by atoms with van der Waals surface area (Å²) < 4.78 is 4.45. The van der Waals surface area contributed by atoms with Gasteiger partial charge in [-0.1, -0.05) is 0 Å². The van der Waals surface area contributed by atoms with Crippen LogP contribution < -0.4 is 17.2 Å². The minimum atomic E-state index is -1.28. The van der Waals surface area contributed by atoms with Gasteiger partial charge in [0.25, 0.3) is 0 Å². The number of aromatic amines is 1. The Hall–Kier alpha value is -2.26. The van der Waals surface area contributed by atoms with Gasteiger partial charge in [-0.25, -0.2) is 14.6 Å². The highest BCUT2D eigenvalue weighted by molar-refractivity contribution is 5.92. The summed E-state index contributed by atoms with van der Waals surface area (Å²) in [4.78, 5) is 39.9. The zero-order chi connectivity index (χ0) is 14.4. The number of H-pyrrole nitrogens is 1. The summed E-state index contributed by atoms with van der Waals surface area (Å²) >= 11 is 0. The number of imidazole rings is 1. The largest absolute Gasteiger partial charge is 0.391 e. The number of primary amides is 1. The van der Waals surface area contributed by atoms with E-state index in [1.165, 1.54) is 12.5 Å².